The van der Waals surface area contributed by atoms with Crippen LogP contribution in [0.4, 0.5) is 0 Å². The normalized spacial score (nSPS) is 11.5. The maximum atomic E-state index is 4.46. The molecule has 0 aliphatic carbocycles. The van der Waals surface area contributed by atoms with Crippen LogP contribution in [0.3, 0.4) is 0 Å². The van der Waals surface area contributed by atoms with Crippen LogP contribution in [0, 0.1) is 0 Å². The number of hydrogen-bond donors (Lipinski definition) is 2. The van der Waals surface area contributed by atoms with Gasteiger partial charge >= 0.3 is 0 Å². The van der Waals surface area contributed by atoms with Crippen LogP contribution in [0.15, 0.2) is 47.7 Å². The fourth-order valence-electron chi connectivity index (χ4n) is 2.57. The fraction of sp³-hybridized carbons (Fsp3) is 0.474. The number of nitrogens with zero attached hydrogens (tertiary/aromatic N) is 3. The average Bonchev–Trinajstić information content (AvgIpc) is 3.05. The lowest BCUT2D eigenvalue weighted by Gasteiger charge is -2.13. The zero-order valence-corrected chi connectivity index (χ0v) is 14.8. The molecule has 0 radical (unpaired) electrons. The third-order valence-electron chi connectivity index (χ3n) is 3.96. The molecule has 5 nitrogen and oxygen atoms in total. The first-order valence-electron chi connectivity index (χ1n) is 8.82. The second-order valence-corrected chi connectivity index (χ2v) is 5.87. The van der Waals surface area contributed by atoms with Crippen molar-refractivity contribution >= 4 is 5.96 Å². The van der Waals surface area contributed by atoms with Gasteiger partial charge in [0, 0.05) is 32.5 Å². The van der Waals surface area contributed by atoms with Crippen molar-refractivity contribution in [3.8, 4) is 0 Å². The van der Waals surface area contributed by atoms with Crippen molar-refractivity contribution in [3.05, 3.63) is 54.1 Å². The van der Waals surface area contributed by atoms with Crippen molar-refractivity contribution < 1.29 is 0 Å². The Labute approximate surface area is 145 Å². The van der Waals surface area contributed by atoms with E-state index in [4.69, 9.17) is 0 Å². The average molecular weight is 327 g/mol. The largest absolute Gasteiger partial charge is 0.356 e. The van der Waals surface area contributed by atoms with Crippen LogP contribution in [0.25, 0.3) is 0 Å². The number of rotatable bonds is 9. The van der Waals surface area contributed by atoms with Gasteiger partial charge in [0.25, 0.3) is 0 Å². The summed E-state index contributed by atoms with van der Waals surface area (Å²) in [7, 11) is 1.80. The molecule has 1 aromatic carbocycles. The van der Waals surface area contributed by atoms with E-state index >= 15 is 0 Å². The molecule has 0 saturated carbocycles. The zero-order chi connectivity index (χ0) is 17.0. The first-order valence-corrected chi connectivity index (χ1v) is 8.82. The molecule has 2 aromatic rings. The topological polar surface area (TPSA) is 54.2 Å². The van der Waals surface area contributed by atoms with Gasteiger partial charge in [-0.25, -0.2) is 4.98 Å². The molecule has 0 spiro atoms. The molecule has 0 unspecified atom stereocenters. The van der Waals surface area contributed by atoms with Gasteiger partial charge in [-0.15, -0.1) is 0 Å². The highest BCUT2D eigenvalue weighted by molar-refractivity contribution is 5.79. The van der Waals surface area contributed by atoms with Crippen molar-refractivity contribution in [3.63, 3.8) is 0 Å². The van der Waals surface area contributed by atoms with Crippen LogP contribution < -0.4 is 10.6 Å². The molecular formula is C19H29N5. The number of nitrogens with one attached hydrogen (secondary N) is 2. The molecule has 5 heteroatoms. The number of imidazole rings is 1. The Morgan fingerprint density at radius 1 is 1.12 bits per heavy atom. The van der Waals surface area contributed by atoms with Gasteiger partial charge in [-0.1, -0.05) is 56.5 Å². The fourth-order valence-corrected chi connectivity index (χ4v) is 2.57. The Morgan fingerprint density at radius 2 is 1.96 bits per heavy atom. The van der Waals surface area contributed by atoms with Crippen LogP contribution in [-0.2, 0) is 13.1 Å². The Bertz CT molecular complexity index is 603. The molecule has 0 saturated heterocycles. The van der Waals surface area contributed by atoms with Crippen molar-refractivity contribution in [2.24, 2.45) is 4.99 Å². The van der Waals surface area contributed by atoms with Crippen molar-refractivity contribution in [2.75, 3.05) is 13.6 Å². The van der Waals surface area contributed by atoms with Gasteiger partial charge < -0.3 is 15.2 Å². The Hall–Kier alpha value is -2.30. The number of unbranched alkanes of at least 4 members (excludes halogenated alkanes) is 3. The second-order valence-electron chi connectivity index (χ2n) is 5.87. The number of guanidine groups is 1. The van der Waals surface area contributed by atoms with E-state index in [2.05, 4.69) is 56.4 Å². The Morgan fingerprint density at radius 3 is 2.71 bits per heavy atom. The summed E-state index contributed by atoms with van der Waals surface area (Å²) in [5.41, 5.74) is 1.27. The predicted octanol–water partition coefficient (Wildman–Crippen LogP) is 3.18. The van der Waals surface area contributed by atoms with E-state index in [1.165, 1.54) is 31.2 Å². The summed E-state index contributed by atoms with van der Waals surface area (Å²) in [5.74, 6) is 1.84. The van der Waals surface area contributed by atoms with Gasteiger partial charge in [0.15, 0.2) is 5.96 Å². The quantitative estimate of drug-likeness (QED) is 0.422. The van der Waals surface area contributed by atoms with Crippen LogP contribution in [-0.4, -0.2) is 29.1 Å². The van der Waals surface area contributed by atoms with Gasteiger partial charge in [0.2, 0.25) is 0 Å². The zero-order valence-electron chi connectivity index (χ0n) is 14.8. The molecule has 0 amide bonds. The Balaban J connectivity index is 1.80. The summed E-state index contributed by atoms with van der Waals surface area (Å²) in [6, 6.07) is 10.4. The standard InChI is InChI=1S/C19H29N5/c1-3-4-5-9-12-22-19(20-2)23-15-18-21-13-14-24(18)16-17-10-7-6-8-11-17/h6-8,10-11,13-14H,3-5,9,12,15-16H2,1-2H3,(H2,20,22,23). The van der Waals surface area contributed by atoms with Crippen molar-refractivity contribution in [2.45, 2.75) is 45.7 Å². The van der Waals surface area contributed by atoms with Crippen molar-refractivity contribution in [1.82, 2.24) is 20.2 Å². The van der Waals surface area contributed by atoms with Crippen LogP contribution in [0.1, 0.15) is 44.0 Å². The molecule has 0 aliphatic heterocycles. The molecule has 2 N–H and O–H groups in total. The highest BCUT2D eigenvalue weighted by atomic mass is 15.2. The lowest BCUT2D eigenvalue weighted by Crippen LogP contribution is -2.37. The van der Waals surface area contributed by atoms with Gasteiger partial charge in [-0.2, -0.15) is 0 Å². The SMILES string of the molecule is CCCCCCNC(=NC)NCc1nccn1Cc1ccccc1. The lowest BCUT2D eigenvalue weighted by molar-refractivity contribution is 0.641. The van der Waals surface area contributed by atoms with Crippen LogP contribution >= 0.6 is 0 Å². The third-order valence-corrected chi connectivity index (χ3v) is 3.96. The van der Waals surface area contributed by atoms with Crippen LogP contribution in [0.2, 0.25) is 0 Å². The first-order chi connectivity index (χ1) is 11.8. The summed E-state index contributed by atoms with van der Waals surface area (Å²) < 4.78 is 2.16. The molecule has 130 valence electrons. The molecule has 2 rings (SSSR count). The van der Waals surface area contributed by atoms with E-state index < -0.39 is 0 Å². The van der Waals surface area contributed by atoms with E-state index in [0.29, 0.717) is 6.54 Å². The van der Waals surface area contributed by atoms with Gasteiger partial charge in [0.1, 0.15) is 5.82 Å². The number of hydrogen-bond acceptors (Lipinski definition) is 2. The highest BCUT2D eigenvalue weighted by Crippen LogP contribution is 2.05. The molecule has 24 heavy (non-hydrogen) atoms. The number of aliphatic imine (C=N–C) groups is 1. The minimum Gasteiger partial charge on any atom is -0.356 e. The van der Waals surface area contributed by atoms with Gasteiger partial charge in [-0.05, 0) is 12.0 Å². The molecule has 0 fully saturated rings. The minimum absolute atomic E-state index is 0.661. The van der Waals surface area contributed by atoms with E-state index in [1.807, 2.05) is 18.5 Å². The summed E-state index contributed by atoms with van der Waals surface area (Å²) in [4.78, 5) is 8.73. The van der Waals surface area contributed by atoms with E-state index in [0.717, 1.165) is 24.9 Å². The maximum absolute atomic E-state index is 4.46. The molecule has 1 aromatic heterocycles. The van der Waals surface area contributed by atoms with E-state index in [1.54, 1.807) is 7.05 Å². The summed E-state index contributed by atoms with van der Waals surface area (Å²) in [5, 5.41) is 6.71. The van der Waals surface area contributed by atoms with Crippen LogP contribution in [0.5, 0.6) is 0 Å². The van der Waals surface area contributed by atoms with Gasteiger partial charge in [0.05, 0.1) is 6.54 Å². The van der Waals surface area contributed by atoms with E-state index in [-0.39, 0.29) is 0 Å². The molecule has 1 heterocycles. The maximum Gasteiger partial charge on any atom is 0.191 e. The minimum atomic E-state index is 0.661. The number of aromatic nitrogens is 2. The van der Waals surface area contributed by atoms with E-state index in [9.17, 15) is 0 Å². The first kappa shape index (κ1) is 18.0. The monoisotopic (exact) mass is 327 g/mol. The lowest BCUT2D eigenvalue weighted by atomic mass is 10.2. The molecule has 0 atom stereocenters. The summed E-state index contributed by atoms with van der Waals surface area (Å²) >= 11 is 0. The third kappa shape index (κ3) is 6.07. The van der Waals surface area contributed by atoms with Crippen molar-refractivity contribution in [1.29, 1.82) is 0 Å². The molecule has 0 bridgehead atoms. The number of benzene rings is 1. The predicted molar refractivity (Wildman–Crippen MR) is 100 cm³/mol. The summed E-state index contributed by atoms with van der Waals surface area (Å²) in [6.45, 7) is 4.68. The highest BCUT2D eigenvalue weighted by Gasteiger charge is 2.05. The smallest absolute Gasteiger partial charge is 0.191 e. The molecule has 0 aliphatic rings. The van der Waals surface area contributed by atoms with Gasteiger partial charge in [-0.3, -0.25) is 4.99 Å². The Kier molecular flexibility index (Phi) is 7.87. The summed E-state index contributed by atoms with van der Waals surface area (Å²) in [6.07, 6.45) is 8.87. The second kappa shape index (κ2) is 10.5. The molecular weight excluding hydrogens is 298 g/mol.